The molecule has 52 heavy (non-hydrogen) atoms. The van der Waals surface area contributed by atoms with Crippen molar-refractivity contribution in [2.75, 3.05) is 20.8 Å². The van der Waals surface area contributed by atoms with Gasteiger partial charge in [-0.05, 0) is 46.5 Å². The Kier molecular flexibility index (Phi) is 13.4. The van der Waals surface area contributed by atoms with Crippen molar-refractivity contribution in [2.45, 2.75) is 159 Å². The van der Waals surface area contributed by atoms with Crippen LogP contribution >= 0.6 is 0 Å². The van der Waals surface area contributed by atoms with E-state index in [0.29, 0.717) is 19.3 Å². The number of carbonyl (C=O) groups is 3. The first-order chi connectivity index (χ1) is 24.6. The van der Waals surface area contributed by atoms with E-state index in [-0.39, 0.29) is 42.9 Å². The zero-order valence-electron chi connectivity index (χ0n) is 31.7. The number of hydrogen-bond acceptors (Lipinski definition) is 15. The number of ketones is 1. The zero-order chi connectivity index (χ0) is 38.1. The molecule has 2 N–H and O–H groups in total. The second kappa shape index (κ2) is 17.1. The van der Waals surface area contributed by atoms with Crippen molar-refractivity contribution in [3.8, 4) is 0 Å². The summed E-state index contributed by atoms with van der Waals surface area (Å²) >= 11 is 0. The van der Waals surface area contributed by atoms with Crippen molar-refractivity contribution in [1.82, 2.24) is 0 Å². The first-order valence-electron chi connectivity index (χ1n) is 18.6. The number of fused-ring (bicyclic) bond motifs is 1. The smallest absolute Gasteiger partial charge is 0.459 e. The van der Waals surface area contributed by atoms with Gasteiger partial charge in [-0.2, -0.15) is 0 Å². The molecular weight excluding hydrogens is 684 g/mol. The molecule has 0 radical (unpaired) electrons. The van der Waals surface area contributed by atoms with E-state index in [2.05, 4.69) is 0 Å². The average Bonchev–Trinajstić information content (AvgIpc) is 3.79. The monoisotopic (exact) mass is 742 g/mol. The number of cyclic esters (lactones) is 2. The molecule has 18 atom stereocenters. The number of esters is 1. The van der Waals surface area contributed by atoms with Crippen LogP contribution < -0.4 is 0 Å². The minimum atomic E-state index is -1.35. The Morgan fingerprint density at radius 2 is 1.58 bits per heavy atom. The number of aliphatic hydroxyl groups excluding tert-OH is 2. The van der Waals surface area contributed by atoms with Crippen LogP contribution in [0.3, 0.4) is 0 Å². The summed E-state index contributed by atoms with van der Waals surface area (Å²) in [6, 6.07) is 0. The maximum absolute atomic E-state index is 13.4. The van der Waals surface area contributed by atoms with Crippen molar-refractivity contribution in [3.05, 3.63) is 12.2 Å². The molecule has 15 heteroatoms. The van der Waals surface area contributed by atoms with E-state index >= 15 is 0 Å². The highest BCUT2D eigenvalue weighted by atomic mass is 16.8. The summed E-state index contributed by atoms with van der Waals surface area (Å²) in [7, 11) is 2.97. The Morgan fingerprint density at radius 1 is 0.865 bits per heavy atom. The predicted octanol–water partition coefficient (Wildman–Crippen LogP) is 2.85. The fourth-order valence-electron chi connectivity index (χ4n) is 8.32. The van der Waals surface area contributed by atoms with Crippen LogP contribution in [0, 0.1) is 23.7 Å². The molecule has 1 spiro atoms. The van der Waals surface area contributed by atoms with E-state index in [9.17, 15) is 24.6 Å². The molecule has 6 unspecified atom stereocenters. The largest absolute Gasteiger partial charge is 0.509 e. The van der Waals surface area contributed by atoms with Crippen LogP contribution in [0.5, 0.6) is 0 Å². The molecule has 0 aliphatic carbocycles. The maximum atomic E-state index is 13.4. The lowest BCUT2D eigenvalue weighted by Gasteiger charge is -2.46. The molecule has 296 valence electrons. The highest BCUT2D eigenvalue weighted by Crippen LogP contribution is 2.43. The summed E-state index contributed by atoms with van der Waals surface area (Å²) in [4.78, 5) is 38.8. The van der Waals surface area contributed by atoms with Crippen molar-refractivity contribution in [3.63, 3.8) is 0 Å². The van der Waals surface area contributed by atoms with Crippen molar-refractivity contribution in [1.29, 1.82) is 0 Å². The van der Waals surface area contributed by atoms with E-state index in [1.54, 1.807) is 33.8 Å². The number of epoxide rings is 1. The van der Waals surface area contributed by atoms with Gasteiger partial charge >= 0.3 is 12.1 Å². The van der Waals surface area contributed by atoms with E-state index in [4.69, 9.17) is 47.4 Å². The normalized spacial score (nSPS) is 48.4. The summed E-state index contributed by atoms with van der Waals surface area (Å²) in [5.41, 5.74) is -1.34. The number of Topliss-reactive ketones (excluding diaryl/α,β-unsaturated/α-hetero) is 1. The molecule has 4 saturated heterocycles. The minimum absolute atomic E-state index is 0.0832. The number of rotatable bonds is 7. The number of ether oxygens (including phenoxy) is 10. The van der Waals surface area contributed by atoms with Gasteiger partial charge in [-0.1, -0.05) is 26.8 Å². The Morgan fingerprint density at radius 3 is 2.23 bits per heavy atom. The molecule has 4 fully saturated rings. The van der Waals surface area contributed by atoms with Crippen LogP contribution in [0.25, 0.3) is 0 Å². The van der Waals surface area contributed by atoms with Crippen LogP contribution in [-0.4, -0.2) is 134 Å². The van der Waals surface area contributed by atoms with Gasteiger partial charge in [0.1, 0.15) is 42.4 Å². The summed E-state index contributed by atoms with van der Waals surface area (Å²) < 4.78 is 58.6. The molecule has 0 bridgehead atoms. The second-order valence-electron chi connectivity index (χ2n) is 15.3. The highest BCUT2D eigenvalue weighted by Gasteiger charge is 2.61. The Balaban J connectivity index is 1.33. The van der Waals surface area contributed by atoms with E-state index in [0.717, 1.165) is 0 Å². The second-order valence-corrected chi connectivity index (χ2v) is 15.3. The summed E-state index contributed by atoms with van der Waals surface area (Å²) in [5.74, 6) is -1.81. The zero-order valence-corrected chi connectivity index (χ0v) is 31.7. The molecule has 0 amide bonds. The van der Waals surface area contributed by atoms with Crippen LogP contribution in [0.2, 0.25) is 0 Å². The third-order valence-corrected chi connectivity index (χ3v) is 11.5. The molecule has 5 heterocycles. The number of aliphatic hydroxyl groups is 2. The standard InChI is InChI=1S/C37H58O15/c1-17-10-13-27(39)47-21(5)24(16-45-34-32(44-9)31(43-8)28(40)22(6)48-34)30-26(50-30)12-11-25(38)18(2)14-19(3)29(17)51-35-33(41)37(15-20(4)46-35)23(7)49-36(42)52-37/h10,13,17-24,26,28-35,40-41H,11-12,14-16H2,1-9H3/b13-10+/t17-,18?,19-,20+,21?,22+,23+,24+,26+,28+,29?,30?,31+,32+,33?,34+,35-,37?/m0/s1. The molecule has 0 saturated carbocycles. The molecule has 5 aliphatic rings. The summed E-state index contributed by atoms with van der Waals surface area (Å²) in [6.45, 7) is 12.8. The molecule has 0 aromatic carbocycles. The van der Waals surface area contributed by atoms with Gasteiger partial charge in [0.05, 0.1) is 37.1 Å². The molecule has 5 rings (SSSR count). The van der Waals surface area contributed by atoms with Gasteiger partial charge in [-0.15, -0.1) is 0 Å². The van der Waals surface area contributed by atoms with E-state index in [1.807, 2.05) is 20.8 Å². The third-order valence-electron chi connectivity index (χ3n) is 11.5. The van der Waals surface area contributed by atoms with Gasteiger partial charge in [0, 0.05) is 50.9 Å². The first kappa shape index (κ1) is 41.0. The highest BCUT2D eigenvalue weighted by molar-refractivity contribution is 5.82. The Hall–Kier alpha value is -2.21. The quantitative estimate of drug-likeness (QED) is 0.286. The molecular formula is C37H58O15. The van der Waals surface area contributed by atoms with E-state index < -0.39 is 97.1 Å². The SMILES string of the molecule is CO[C@@H]1[C@H](O)[C@@H](C)O[C@@H](OC[C@@H]2C(C)OC(=O)/C=C/[C@H](C)C(O[C@@H]3O[C@H](C)CC4(OC(=O)O[C@@H]4C)C3O)[C@@H](C)CC(C)C(=O)CC[C@H]3OC23)[C@@H]1OC. The summed E-state index contributed by atoms with van der Waals surface area (Å²) in [5, 5.41) is 22.0. The average molecular weight is 743 g/mol. The minimum Gasteiger partial charge on any atom is -0.459 e. The van der Waals surface area contributed by atoms with Crippen molar-refractivity contribution < 1.29 is 72.0 Å². The molecule has 15 nitrogen and oxygen atoms in total. The Bertz CT molecular complexity index is 1280. The van der Waals surface area contributed by atoms with Gasteiger partial charge in [0.2, 0.25) is 0 Å². The topological polar surface area (TPSA) is 187 Å². The van der Waals surface area contributed by atoms with Gasteiger partial charge in [0.25, 0.3) is 0 Å². The van der Waals surface area contributed by atoms with Crippen LogP contribution in [0.4, 0.5) is 4.79 Å². The molecule has 0 aromatic rings. The van der Waals surface area contributed by atoms with Gasteiger partial charge in [0.15, 0.2) is 18.2 Å². The van der Waals surface area contributed by atoms with Crippen LogP contribution in [0.1, 0.15) is 74.1 Å². The number of carbonyl (C=O) groups excluding carboxylic acids is 3. The fourth-order valence-corrected chi connectivity index (χ4v) is 8.32. The maximum Gasteiger partial charge on any atom is 0.509 e. The van der Waals surface area contributed by atoms with Gasteiger partial charge < -0.3 is 57.6 Å². The Labute approximate surface area is 305 Å². The third kappa shape index (κ3) is 8.84. The number of hydrogen-bond donors (Lipinski definition) is 2. The van der Waals surface area contributed by atoms with Crippen LogP contribution in [-0.2, 0) is 57.0 Å². The molecule has 0 aromatic heterocycles. The van der Waals surface area contributed by atoms with Crippen LogP contribution in [0.15, 0.2) is 12.2 Å². The predicted molar refractivity (Wildman–Crippen MR) is 181 cm³/mol. The fraction of sp³-hybridized carbons (Fsp3) is 0.865. The molecule has 5 aliphatic heterocycles. The lowest BCUT2D eigenvalue weighted by molar-refractivity contribution is -0.308. The van der Waals surface area contributed by atoms with Crippen molar-refractivity contribution in [2.24, 2.45) is 23.7 Å². The van der Waals surface area contributed by atoms with E-state index in [1.165, 1.54) is 20.3 Å². The lowest BCUT2D eigenvalue weighted by atomic mass is 9.82. The lowest BCUT2D eigenvalue weighted by Crippen LogP contribution is -2.62. The summed E-state index contributed by atoms with van der Waals surface area (Å²) in [6.07, 6.45) is -5.57. The van der Waals surface area contributed by atoms with Gasteiger partial charge in [-0.3, -0.25) is 4.79 Å². The van der Waals surface area contributed by atoms with Crippen molar-refractivity contribution >= 4 is 17.9 Å². The first-order valence-corrected chi connectivity index (χ1v) is 18.6. The van der Waals surface area contributed by atoms with Gasteiger partial charge in [-0.25, -0.2) is 9.59 Å². The number of methoxy groups -OCH3 is 2.